The summed E-state index contributed by atoms with van der Waals surface area (Å²) in [5.41, 5.74) is 6.77. The normalized spacial score (nSPS) is 13.2. The Labute approximate surface area is 120 Å². The van der Waals surface area contributed by atoms with E-state index >= 15 is 0 Å². The Morgan fingerprint density at radius 3 is 2.65 bits per heavy atom. The number of hydrogen-bond acceptors (Lipinski definition) is 5. The lowest BCUT2D eigenvalue weighted by atomic mass is 10.2. The van der Waals surface area contributed by atoms with Gasteiger partial charge in [0.05, 0.1) is 22.4 Å². The number of benzene rings is 1. The maximum Gasteiger partial charge on any atom is 0.240 e. The van der Waals surface area contributed by atoms with Crippen LogP contribution in [0.5, 0.6) is 0 Å². The Morgan fingerprint density at radius 1 is 1.35 bits per heavy atom. The van der Waals surface area contributed by atoms with Crippen LogP contribution in [-0.2, 0) is 10.0 Å². The summed E-state index contributed by atoms with van der Waals surface area (Å²) in [6.45, 7) is 4.36. The van der Waals surface area contributed by atoms with E-state index in [9.17, 15) is 13.5 Å². The Morgan fingerprint density at radius 2 is 2.05 bits per heavy atom. The van der Waals surface area contributed by atoms with E-state index in [1.54, 1.807) is 13.0 Å². The molecule has 1 rings (SSSR count). The van der Waals surface area contributed by atoms with E-state index in [4.69, 9.17) is 5.73 Å². The van der Waals surface area contributed by atoms with Crippen LogP contribution in [0, 0.1) is 0 Å². The molecule has 1 unspecified atom stereocenters. The minimum absolute atomic E-state index is 0.154. The van der Waals surface area contributed by atoms with Gasteiger partial charge in [0, 0.05) is 13.1 Å². The van der Waals surface area contributed by atoms with Crippen LogP contribution >= 0.6 is 0 Å². The largest absolute Gasteiger partial charge is 0.397 e. The SMILES string of the molecule is CCCC(O)CNc1cc(S(=O)(=O)NCC)ccc1N. The number of nitrogens with two attached hydrogens (primary N) is 1. The summed E-state index contributed by atoms with van der Waals surface area (Å²) in [4.78, 5) is 0.154. The van der Waals surface area contributed by atoms with Crippen molar-refractivity contribution in [2.45, 2.75) is 37.7 Å². The Balaban J connectivity index is 2.87. The first kappa shape index (κ1) is 16.7. The van der Waals surface area contributed by atoms with Crippen LogP contribution in [0.4, 0.5) is 11.4 Å². The summed E-state index contributed by atoms with van der Waals surface area (Å²) in [6, 6.07) is 4.48. The summed E-state index contributed by atoms with van der Waals surface area (Å²) in [5, 5.41) is 12.7. The van der Waals surface area contributed by atoms with E-state index in [0.29, 0.717) is 30.9 Å². The number of hydrogen-bond donors (Lipinski definition) is 4. The van der Waals surface area contributed by atoms with E-state index in [1.807, 2.05) is 6.92 Å². The molecule has 0 radical (unpaired) electrons. The van der Waals surface area contributed by atoms with E-state index < -0.39 is 16.1 Å². The number of aliphatic hydroxyl groups excluding tert-OH is 1. The van der Waals surface area contributed by atoms with E-state index in [2.05, 4.69) is 10.0 Å². The van der Waals surface area contributed by atoms with Crippen LogP contribution in [0.1, 0.15) is 26.7 Å². The average molecular weight is 301 g/mol. The zero-order chi connectivity index (χ0) is 15.2. The summed E-state index contributed by atoms with van der Waals surface area (Å²) in [5.74, 6) is 0. The van der Waals surface area contributed by atoms with Gasteiger partial charge in [0.1, 0.15) is 0 Å². The van der Waals surface area contributed by atoms with E-state index in [-0.39, 0.29) is 4.90 Å². The van der Waals surface area contributed by atoms with Crippen molar-refractivity contribution < 1.29 is 13.5 Å². The van der Waals surface area contributed by atoms with Crippen LogP contribution in [0.2, 0.25) is 0 Å². The van der Waals surface area contributed by atoms with Crippen molar-refractivity contribution in [1.29, 1.82) is 0 Å². The second-order valence-electron chi connectivity index (χ2n) is 4.57. The van der Waals surface area contributed by atoms with Crippen molar-refractivity contribution in [3.8, 4) is 0 Å². The molecule has 0 aliphatic heterocycles. The predicted molar refractivity (Wildman–Crippen MR) is 81.1 cm³/mol. The molecule has 1 atom stereocenters. The number of sulfonamides is 1. The maximum atomic E-state index is 11.9. The third-order valence-corrected chi connectivity index (χ3v) is 4.36. The summed E-state index contributed by atoms with van der Waals surface area (Å²) >= 11 is 0. The fraction of sp³-hybridized carbons (Fsp3) is 0.538. The molecule has 0 aliphatic rings. The number of nitrogens with one attached hydrogen (secondary N) is 2. The van der Waals surface area contributed by atoms with Crippen LogP contribution in [-0.4, -0.2) is 32.7 Å². The first-order valence-corrected chi connectivity index (χ1v) is 8.20. The highest BCUT2D eigenvalue weighted by atomic mass is 32.2. The molecule has 0 bridgehead atoms. The van der Waals surface area contributed by atoms with Gasteiger partial charge in [0.15, 0.2) is 0 Å². The fourth-order valence-corrected chi connectivity index (χ4v) is 2.86. The van der Waals surface area contributed by atoms with Gasteiger partial charge >= 0.3 is 0 Å². The van der Waals surface area contributed by atoms with Crippen LogP contribution in [0.3, 0.4) is 0 Å². The lowest BCUT2D eigenvalue weighted by Gasteiger charge is -2.14. The van der Waals surface area contributed by atoms with Crippen molar-refractivity contribution in [2.75, 3.05) is 24.1 Å². The first-order chi connectivity index (χ1) is 9.40. The minimum atomic E-state index is -3.51. The molecular formula is C13H23N3O3S. The van der Waals surface area contributed by atoms with Gasteiger partial charge in [0.2, 0.25) is 10.0 Å². The highest BCUT2D eigenvalue weighted by molar-refractivity contribution is 7.89. The fourth-order valence-electron chi connectivity index (χ4n) is 1.79. The van der Waals surface area contributed by atoms with Gasteiger partial charge in [-0.15, -0.1) is 0 Å². The van der Waals surface area contributed by atoms with E-state index in [0.717, 1.165) is 6.42 Å². The lowest BCUT2D eigenvalue weighted by molar-refractivity contribution is 0.176. The summed E-state index contributed by atoms with van der Waals surface area (Å²) < 4.78 is 26.2. The van der Waals surface area contributed by atoms with Crippen molar-refractivity contribution >= 4 is 21.4 Å². The second-order valence-corrected chi connectivity index (χ2v) is 6.34. The van der Waals surface area contributed by atoms with Crippen LogP contribution < -0.4 is 15.8 Å². The number of aliphatic hydroxyl groups is 1. The molecule has 0 aliphatic carbocycles. The van der Waals surface area contributed by atoms with Crippen molar-refractivity contribution in [1.82, 2.24) is 4.72 Å². The average Bonchev–Trinajstić information content (AvgIpc) is 2.37. The Hall–Kier alpha value is -1.31. The van der Waals surface area contributed by atoms with Gasteiger partial charge in [-0.25, -0.2) is 13.1 Å². The highest BCUT2D eigenvalue weighted by Gasteiger charge is 2.14. The van der Waals surface area contributed by atoms with Gasteiger partial charge in [0.25, 0.3) is 0 Å². The van der Waals surface area contributed by atoms with Gasteiger partial charge in [-0.2, -0.15) is 0 Å². The molecule has 0 fully saturated rings. The van der Waals surface area contributed by atoms with Crippen molar-refractivity contribution in [3.05, 3.63) is 18.2 Å². The lowest BCUT2D eigenvalue weighted by Crippen LogP contribution is -2.24. The second kappa shape index (κ2) is 7.47. The molecule has 6 nitrogen and oxygen atoms in total. The molecule has 0 spiro atoms. The number of anilines is 2. The molecule has 1 aromatic rings. The van der Waals surface area contributed by atoms with Gasteiger partial charge in [-0.05, 0) is 24.6 Å². The Bertz CT molecular complexity index is 532. The van der Waals surface area contributed by atoms with Crippen molar-refractivity contribution in [3.63, 3.8) is 0 Å². The molecular weight excluding hydrogens is 278 g/mol. The molecule has 0 saturated heterocycles. The molecule has 0 saturated carbocycles. The standard InChI is InChI=1S/C13H23N3O3S/c1-3-5-10(17)9-15-13-8-11(6-7-12(13)14)20(18,19)16-4-2/h6-8,10,15-17H,3-5,9,14H2,1-2H3. The predicted octanol–water partition coefficient (Wildman–Crippen LogP) is 1.14. The summed E-state index contributed by atoms with van der Waals surface area (Å²) in [6.07, 6.45) is 1.09. The number of nitrogen functional groups attached to an aromatic ring is 1. The molecule has 7 heteroatoms. The van der Waals surface area contributed by atoms with Gasteiger partial charge in [-0.1, -0.05) is 20.3 Å². The molecule has 1 aromatic carbocycles. The highest BCUT2D eigenvalue weighted by Crippen LogP contribution is 2.22. The number of rotatable bonds is 8. The quantitative estimate of drug-likeness (QED) is 0.539. The maximum absolute atomic E-state index is 11.9. The first-order valence-electron chi connectivity index (χ1n) is 6.71. The van der Waals surface area contributed by atoms with Gasteiger partial charge in [-0.3, -0.25) is 0 Å². The molecule has 20 heavy (non-hydrogen) atoms. The Kier molecular flexibility index (Phi) is 6.25. The monoisotopic (exact) mass is 301 g/mol. The zero-order valence-electron chi connectivity index (χ0n) is 11.9. The van der Waals surface area contributed by atoms with E-state index in [1.165, 1.54) is 12.1 Å². The van der Waals surface area contributed by atoms with Gasteiger partial charge < -0.3 is 16.2 Å². The third-order valence-electron chi connectivity index (χ3n) is 2.82. The zero-order valence-corrected chi connectivity index (χ0v) is 12.7. The third kappa shape index (κ3) is 4.66. The smallest absolute Gasteiger partial charge is 0.240 e. The molecule has 5 N–H and O–H groups in total. The molecule has 0 heterocycles. The van der Waals surface area contributed by atoms with Crippen LogP contribution in [0.25, 0.3) is 0 Å². The molecule has 0 amide bonds. The molecule has 0 aromatic heterocycles. The molecule has 114 valence electrons. The minimum Gasteiger partial charge on any atom is -0.397 e. The topological polar surface area (TPSA) is 104 Å². The van der Waals surface area contributed by atoms with Crippen LogP contribution in [0.15, 0.2) is 23.1 Å². The van der Waals surface area contributed by atoms with Crippen molar-refractivity contribution in [2.24, 2.45) is 0 Å². The summed E-state index contributed by atoms with van der Waals surface area (Å²) in [7, 11) is -3.51.